The van der Waals surface area contributed by atoms with Crippen LogP contribution in [0.1, 0.15) is 90.0 Å². The highest BCUT2D eigenvalue weighted by molar-refractivity contribution is 5.85. The second kappa shape index (κ2) is 29.1. The Kier molecular flexibility index (Phi) is 20.6. The molecular formula is C75H78N8O3. The maximum atomic E-state index is 12.9. The molecular weight excluding hydrogens is 1060 g/mol. The Bertz CT molecular complexity index is 3800. The highest BCUT2D eigenvalue weighted by Crippen LogP contribution is 2.42. The number of H-pyrrole nitrogens is 2. The van der Waals surface area contributed by atoms with Crippen molar-refractivity contribution < 1.29 is 14.7 Å². The minimum atomic E-state index is -0.750. The molecule has 0 bridgehead atoms. The van der Waals surface area contributed by atoms with Crippen LogP contribution in [0, 0.1) is 11.8 Å². The van der Waals surface area contributed by atoms with E-state index in [0.29, 0.717) is 25.9 Å². The SMILES string of the molecule is C.C[C@H](Cc1c[nH]c2ccccc12)C(=O)NCCCc1cn(C(c2ccccc2)(c2ccccc2)c2ccccc2)cn1.C[C@H](Cc1c[nH]c2ccccc12)C(=O)O.NCCCc1cn(C(c2ccccc2)(c2ccccc2)c2ccccc2)cn1. The molecule has 1 amide bonds. The van der Waals surface area contributed by atoms with E-state index in [9.17, 15) is 9.59 Å². The molecule has 436 valence electrons. The molecule has 2 atom stereocenters. The van der Waals surface area contributed by atoms with Gasteiger partial charge in [-0.1, -0.05) is 240 Å². The molecule has 12 rings (SSSR count). The smallest absolute Gasteiger partial charge is 0.306 e. The van der Waals surface area contributed by atoms with E-state index in [1.54, 1.807) is 6.92 Å². The Morgan fingerprint density at radius 1 is 0.488 bits per heavy atom. The Labute approximate surface area is 505 Å². The van der Waals surface area contributed by atoms with Crippen molar-refractivity contribution in [3.05, 3.63) is 324 Å². The summed E-state index contributed by atoms with van der Waals surface area (Å²) in [5.74, 6) is -1.11. The fourth-order valence-electron chi connectivity index (χ4n) is 11.7. The van der Waals surface area contributed by atoms with Gasteiger partial charge in [0.1, 0.15) is 11.1 Å². The number of imidazole rings is 2. The molecule has 0 aliphatic heterocycles. The van der Waals surface area contributed by atoms with Gasteiger partial charge in [0.15, 0.2) is 0 Å². The van der Waals surface area contributed by atoms with E-state index >= 15 is 0 Å². The number of hydrogen-bond donors (Lipinski definition) is 5. The molecule has 0 radical (unpaired) electrons. The van der Waals surface area contributed by atoms with Gasteiger partial charge in [-0.25, -0.2) is 9.97 Å². The number of para-hydroxylation sites is 2. The molecule has 0 aliphatic rings. The summed E-state index contributed by atoms with van der Waals surface area (Å²) < 4.78 is 4.49. The lowest BCUT2D eigenvalue weighted by atomic mass is 9.77. The molecule has 0 aliphatic carbocycles. The van der Waals surface area contributed by atoms with Crippen molar-refractivity contribution in [1.29, 1.82) is 0 Å². The number of fused-ring (bicyclic) bond motifs is 2. The zero-order chi connectivity index (χ0) is 58.9. The molecule has 0 fully saturated rings. The van der Waals surface area contributed by atoms with Gasteiger partial charge in [0.05, 0.1) is 30.0 Å². The van der Waals surface area contributed by atoms with Crippen molar-refractivity contribution in [2.24, 2.45) is 17.6 Å². The number of benzene rings is 8. The predicted octanol–water partition coefficient (Wildman–Crippen LogP) is 14.8. The van der Waals surface area contributed by atoms with Crippen LogP contribution in [0.25, 0.3) is 21.8 Å². The van der Waals surface area contributed by atoms with Crippen LogP contribution in [0.3, 0.4) is 0 Å². The number of aromatic nitrogens is 6. The number of carboxylic acids is 1. The summed E-state index contributed by atoms with van der Waals surface area (Å²) in [6.45, 7) is 5.01. The van der Waals surface area contributed by atoms with Crippen LogP contribution in [0.5, 0.6) is 0 Å². The van der Waals surface area contributed by atoms with Gasteiger partial charge in [-0.3, -0.25) is 9.59 Å². The van der Waals surface area contributed by atoms with E-state index in [0.717, 1.165) is 59.1 Å². The van der Waals surface area contributed by atoms with Crippen LogP contribution in [0.2, 0.25) is 0 Å². The van der Waals surface area contributed by atoms with E-state index in [1.165, 1.54) is 44.3 Å². The largest absolute Gasteiger partial charge is 0.481 e. The minimum absolute atomic E-state index is 0. The number of aryl methyl sites for hydroxylation is 2. The molecule has 0 spiro atoms. The number of nitrogens with one attached hydrogen (secondary N) is 3. The number of hydrogen-bond acceptors (Lipinski definition) is 5. The van der Waals surface area contributed by atoms with Crippen molar-refractivity contribution in [3.63, 3.8) is 0 Å². The fourth-order valence-corrected chi connectivity index (χ4v) is 11.7. The van der Waals surface area contributed by atoms with Gasteiger partial charge in [0.25, 0.3) is 0 Å². The first-order valence-electron chi connectivity index (χ1n) is 29.4. The summed E-state index contributed by atoms with van der Waals surface area (Å²) in [6.07, 6.45) is 16.8. The molecule has 0 saturated carbocycles. The molecule has 8 aromatic carbocycles. The predicted molar refractivity (Wildman–Crippen MR) is 349 cm³/mol. The Morgan fingerprint density at radius 2 is 0.814 bits per heavy atom. The lowest BCUT2D eigenvalue weighted by Crippen LogP contribution is -2.36. The van der Waals surface area contributed by atoms with E-state index in [4.69, 9.17) is 20.8 Å². The van der Waals surface area contributed by atoms with Crippen molar-refractivity contribution in [3.8, 4) is 0 Å². The summed E-state index contributed by atoms with van der Waals surface area (Å²) in [5.41, 5.74) is 18.3. The third-order valence-electron chi connectivity index (χ3n) is 16.0. The Hall–Kier alpha value is -9.84. The van der Waals surface area contributed by atoms with Gasteiger partial charge in [-0.2, -0.15) is 0 Å². The van der Waals surface area contributed by atoms with Crippen LogP contribution in [-0.4, -0.2) is 59.1 Å². The van der Waals surface area contributed by atoms with Gasteiger partial charge in [0.2, 0.25) is 5.91 Å². The number of nitrogens with two attached hydrogens (primary N) is 1. The first-order valence-corrected chi connectivity index (χ1v) is 29.4. The second-order valence-corrected chi connectivity index (χ2v) is 21.7. The van der Waals surface area contributed by atoms with E-state index in [2.05, 4.69) is 231 Å². The van der Waals surface area contributed by atoms with Gasteiger partial charge in [0, 0.05) is 59.1 Å². The van der Waals surface area contributed by atoms with E-state index < -0.39 is 17.0 Å². The highest BCUT2D eigenvalue weighted by atomic mass is 16.4. The molecule has 11 heteroatoms. The number of aromatic amines is 2. The zero-order valence-electron chi connectivity index (χ0n) is 48.3. The van der Waals surface area contributed by atoms with Gasteiger partial charge in [-0.05, 0) is 102 Å². The van der Waals surface area contributed by atoms with E-state index in [1.807, 2.05) is 68.4 Å². The number of carbonyl (C=O) groups is 2. The lowest BCUT2D eigenvalue weighted by molar-refractivity contribution is -0.141. The molecule has 4 aromatic heterocycles. The minimum Gasteiger partial charge on any atom is -0.481 e. The number of aliphatic carboxylic acids is 1. The van der Waals surface area contributed by atoms with Crippen molar-refractivity contribution in [2.45, 2.75) is 70.9 Å². The zero-order valence-corrected chi connectivity index (χ0v) is 48.3. The number of carbonyl (C=O) groups excluding carboxylic acids is 1. The van der Waals surface area contributed by atoms with Gasteiger partial charge >= 0.3 is 5.97 Å². The summed E-state index contributed by atoms with van der Waals surface area (Å²) >= 11 is 0. The van der Waals surface area contributed by atoms with Crippen molar-refractivity contribution >= 4 is 33.7 Å². The van der Waals surface area contributed by atoms with Crippen LogP contribution in [0.4, 0.5) is 0 Å². The molecule has 6 N–H and O–H groups in total. The average molecular weight is 1140 g/mol. The van der Waals surface area contributed by atoms with Crippen LogP contribution < -0.4 is 11.1 Å². The number of rotatable bonds is 21. The molecule has 11 nitrogen and oxygen atoms in total. The lowest BCUT2D eigenvalue weighted by Gasteiger charge is -2.37. The number of nitrogens with zero attached hydrogens (tertiary/aromatic N) is 4. The molecule has 86 heavy (non-hydrogen) atoms. The third-order valence-corrected chi connectivity index (χ3v) is 16.0. The molecule has 0 saturated heterocycles. The van der Waals surface area contributed by atoms with Gasteiger partial charge < -0.3 is 35.3 Å². The summed E-state index contributed by atoms with van der Waals surface area (Å²) in [5, 5.41) is 14.3. The summed E-state index contributed by atoms with van der Waals surface area (Å²) in [6, 6.07) is 79.9. The van der Waals surface area contributed by atoms with E-state index in [-0.39, 0.29) is 25.2 Å². The monoisotopic (exact) mass is 1140 g/mol. The molecule has 12 aromatic rings. The van der Waals surface area contributed by atoms with Crippen LogP contribution in [0.15, 0.2) is 268 Å². The number of carboxylic acid groups (broad SMARTS) is 1. The maximum absolute atomic E-state index is 12.9. The second-order valence-electron chi connectivity index (χ2n) is 21.7. The van der Waals surface area contributed by atoms with Crippen molar-refractivity contribution in [1.82, 2.24) is 34.4 Å². The summed E-state index contributed by atoms with van der Waals surface area (Å²) in [4.78, 5) is 39.6. The van der Waals surface area contributed by atoms with Crippen LogP contribution in [-0.2, 0) is 46.4 Å². The third kappa shape index (κ3) is 13.5. The first-order chi connectivity index (χ1) is 41.7. The highest BCUT2D eigenvalue weighted by Gasteiger charge is 2.40. The molecule has 0 unspecified atom stereocenters. The quantitative estimate of drug-likeness (QED) is 0.0356. The topological polar surface area (TPSA) is 160 Å². The Morgan fingerprint density at radius 3 is 1.16 bits per heavy atom. The maximum Gasteiger partial charge on any atom is 0.306 e. The fraction of sp³-hybridized carbons (Fsp3) is 0.200. The summed E-state index contributed by atoms with van der Waals surface area (Å²) in [7, 11) is 0. The van der Waals surface area contributed by atoms with Gasteiger partial charge in [-0.15, -0.1) is 0 Å². The first kappa shape index (κ1) is 60.7. The molecule has 4 heterocycles. The number of amides is 1. The standard InChI is InChI=1S/C37H36N4O.C25H25N3.C12H13NO2.CH4/c1-28(24-29-25-39-35-22-12-11-21-34(29)35)36(42)38-23-13-20-33-26-41(27-40-33)37(30-14-5-2-6-15-30,31-16-7-3-8-17-31)32-18-9-4-10-19-32;26-18-10-17-24-19-28(20-27-24)25(21-11-4-1-5-12-21,22-13-6-2-7-14-22)23-15-8-3-9-16-23;1-8(12(14)15)6-9-7-13-11-5-3-2-4-10(9)11;/h2-12,14-19,21-22,25-28,39H,13,20,23-24H2,1H3,(H,38,42);1-9,11-16,19-20H,10,17-18,26H2;2-5,7-8,13H,6H2,1H3,(H,14,15);1H4/t28-;;8-;/m1.1./s1. The Balaban J connectivity index is 0.000000172. The normalized spacial score (nSPS) is 12.0. The van der Waals surface area contributed by atoms with Crippen LogP contribution >= 0.6 is 0 Å². The average Bonchev–Trinajstić information content (AvgIpc) is 2.00. The van der Waals surface area contributed by atoms with Crippen molar-refractivity contribution in [2.75, 3.05) is 13.1 Å².